The molecule has 0 spiro atoms. The van der Waals surface area contributed by atoms with E-state index in [4.69, 9.17) is 0 Å². The third-order valence-electron chi connectivity index (χ3n) is 7.77. The summed E-state index contributed by atoms with van der Waals surface area (Å²) in [6.07, 6.45) is 11.0. The third-order valence-corrected chi connectivity index (χ3v) is 7.77. The van der Waals surface area contributed by atoms with Crippen LogP contribution in [0.2, 0.25) is 0 Å². The molecule has 1 radical (unpaired) electrons. The second-order valence-electron chi connectivity index (χ2n) is 10.0. The zero-order chi connectivity index (χ0) is 25.3. The Kier molecular flexibility index (Phi) is 7.18. The Bertz CT molecular complexity index is 1750. The van der Waals surface area contributed by atoms with Gasteiger partial charge in [0.25, 0.3) is 0 Å². The summed E-state index contributed by atoms with van der Waals surface area (Å²) in [6, 6.07) is 43.4. The van der Waals surface area contributed by atoms with Crippen LogP contribution in [0.15, 0.2) is 133 Å². The standard InChI is InChI=1S/C20H12.2C9H8.Au/c1-5-13-6-2-11-17-18-12-4-8-14-7-3-10-16(20(14)18)15(9-1)19(13)17;2*1-2-5-9-7-3-6-8(9)4-1;/h1-12H;2*1-6H,7H2;. The summed E-state index contributed by atoms with van der Waals surface area (Å²) in [5, 5.41) is 10.9. The molecule has 9 rings (SSSR count). The van der Waals surface area contributed by atoms with Gasteiger partial charge < -0.3 is 0 Å². The van der Waals surface area contributed by atoms with Crippen molar-refractivity contribution in [3.05, 3.63) is 156 Å². The summed E-state index contributed by atoms with van der Waals surface area (Å²) in [5.74, 6) is 0. The van der Waals surface area contributed by atoms with Gasteiger partial charge in [-0.15, -0.1) is 0 Å². The van der Waals surface area contributed by atoms with Crippen molar-refractivity contribution in [3.8, 4) is 0 Å². The van der Waals surface area contributed by atoms with E-state index in [0.717, 1.165) is 12.8 Å². The fraction of sp³-hybridized carbons (Fsp3) is 0.0526. The summed E-state index contributed by atoms with van der Waals surface area (Å²) >= 11 is 0. The monoisotopic (exact) mass is 681 g/mol. The van der Waals surface area contributed by atoms with Gasteiger partial charge in [0, 0.05) is 22.4 Å². The molecule has 7 aromatic rings. The Labute approximate surface area is 245 Å². The molecule has 7 aromatic carbocycles. The van der Waals surface area contributed by atoms with Crippen LogP contribution in [-0.4, -0.2) is 0 Å². The molecule has 0 nitrogen and oxygen atoms in total. The van der Waals surface area contributed by atoms with E-state index in [-0.39, 0.29) is 22.4 Å². The summed E-state index contributed by atoms with van der Waals surface area (Å²) in [7, 11) is 0. The van der Waals surface area contributed by atoms with Crippen LogP contribution < -0.4 is 0 Å². The minimum Gasteiger partial charge on any atom is -0.0795 e. The van der Waals surface area contributed by atoms with Crippen LogP contribution >= 0.6 is 0 Å². The molecular weight excluding hydrogens is 653 g/mol. The number of hydrogen-bond donors (Lipinski definition) is 0. The molecule has 0 aliphatic heterocycles. The SMILES string of the molecule is C1=Cc2ccccc2C1.C1=Cc2ccccc2C1.[Au].c1cc2cccc3c4cccc5cccc(c(c1)c23)c54. The van der Waals surface area contributed by atoms with Crippen molar-refractivity contribution in [1.82, 2.24) is 0 Å². The number of rotatable bonds is 0. The van der Waals surface area contributed by atoms with E-state index in [2.05, 4.69) is 146 Å². The fourth-order valence-corrected chi connectivity index (χ4v) is 5.97. The molecule has 0 N–H and O–H groups in total. The molecule has 0 fully saturated rings. The Morgan fingerprint density at radius 3 is 1.08 bits per heavy atom. The van der Waals surface area contributed by atoms with Gasteiger partial charge in [-0.25, -0.2) is 0 Å². The summed E-state index contributed by atoms with van der Waals surface area (Å²) in [6.45, 7) is 0. The van der Waals surface area contributed by atoms with Crippen molar-refractivity contribution in [2.45, 2.75) is 12.8 Å². The molecule has 2 aliphatic carbocycles. The Hall–Kier alpha value is -3.94. The van der Waals surface area contributed by atoms with Gasteiger partial charge in [0.05, 0.1) is 0 Å². The van der Waals surface area contributed by atoms with Gasteiger partial charge in [-0.1, -0.05) is 146 Å². The molecule has 0 unspecified atom stereocenters. The molecule has 0 saturated carbocycles. The Morgan fingerprint density at radius 1 is 0.359 bits per heavy atom. The van der Waals surface area contributed by atoms with Gasteiger partial charge in [-0.2, -0.15) is 0 Å². The zero-order valence-corrected chi connectivity index (χ0v) is 23.7. The average Bonchev–Trinajstić information content (AvgIpc) is 3.66. The molecule has 0 atom stereocenters. The van der Waals surface area contributed by atoms with Crippen LogP contribution in [0.3, 0.4) is 0 Å². The Balaban J connectivity index is 0.000000121. The van der Waals surface area contributed by atoms with Crippen LogP contribution in [0.25, 0.3) is 55.2 Å². The quantitative estimate of drug-likeness (QED) is 0.0850. The first-order chi connectivity index (χ1) is 18.9. The first-order valence-corrected chi connectivity index (χ1v) is 13.4. The topological polar surface area (TPSA) is 0 Å². The normalized spacial score (nSPS) is 12.5. The van der Waals surface area contributed by atoms with Crippen molar-refractivity contribution < 1.29 is 22.4 Å². The second-order valence-corrected chi connectivity index (χ2v) is 10.0. The van der Waals surface area contributed by atoms with Gasteiger partial charge in [-0.05, 0) is 78.2 Å². The van der Waals surface area contributed by atoms with Crippen molar-refractivity contribution in [1.29, 1.82) is 0 Å². The van der Waals surface area contributed by atoms with Gasteiger partial charge in [-0.3, -0.25) is 0 Å². The summed E-state index contributed by atoms with van der Waals surface area (Å²) < 4.78 is 0. The van der Waals surface area contributed by atoms with Crippen LogP contribution in [0, 0.1) is 0 Å². The molecule has 0 amide bonds. The van der Waals surface area contributed by atoms with Crippen LogP contribution in [0.5, 0.6) is 0 Å². The van der Waals surface area contributed by atoms with Gasteiger partial charge in [0.2, 0.25) is 0 Å². The molecule has 0 aromatic heterocycles. The van der Waals surface area contributed by atoms with Crippen LogP contribution in [-0.2, 0) is 35.2 Å². The summed E-state index contributed by atoms with van der Waals surface area (Å²) in [4.78, 5) is 0. The van der Waals surface area contributed by atoms with Gasteiger partial charge in [0.1, 0.15) is 0 Å². The minimum atomic E-state index is 0. The van der Waals surface area contributed by atoms with Crippen molar-refractivity contribution in [2.24, 2.45) is 0 Å². The van der Waals surface area contributed by atoms with E-state index in [1.807, 2.05) is 0 Å². The molecule has 2 aliphatic rings. The van der Waals surface area contributed by atoms with E-state index in [1.54, 1.807) is 0 Å². The second kappa shape index (κ2) is 11.0. The van der Waals surface area contributed by atoms with Crippen LogP contribution in [0.4, 0.5) is 0 Å². The maximum atomic E-state index is 2.25. The maximum absolute atomic E-state index is 2.25. The largest absolute Gasteiger partial charge is 0.0795 e. The van der Waals surface area contributed by atoms with E-state index >= 15 is 0 Å². The van der Waals surface area contributed by atoms with Crippen molar-refractivity contribution in [3.63, 3.8) is 0 Å². The average molecular weight is 682 g/mol. The molecule has 1 heteroatoms. The fourth-order valence-electron chi connectivity index (χ4n) is 5.97. The minimum absolute atomic E-state index is 0. The van der Waals surface area contributed by atoms with Crippen molar-refractivity contribution >= 4 is 55.2 Å². The molecule has 0 heterocycles. The van der Waals surface area contributed by atoms with Gasteiger partial charge in [0.15, 0.2) is 0 Å². The zero-order valence-electron chi connectivity index (χ0n) is 21.6. The van der Waals surface area contributed by atoms with E-state index in [1.165, 1.54) is 65.3 Å². The van der Waals surface area contributed by atoms with E-state index in [0.29, 0.717) is 0 Å². The Morgan fingerprint density at radius 2 is 0.718 bits per heavy atom. The van der Waals surface area contributed by atoms with Crippen molar-refractivity contribution in [2.75, 3.05) is 0 Å². The molecule has 0 bridgehead atoms. The van der Waals surface area contributed by atoms with Gasteiger partial charge >= 0.3 is 0 Å². The number of allylic oxidation sites excluding steroid dienone is 2. The molecule has 0 saturated heterocycles. The predicted octanol–water partition coefficient (Wildman–Crippen LogP) is 10.2. The van der Waals surface area contributed by atoms with E-state index < -0.39 is 0 Å². The predicted molar refractivity (Wildman–Crippen MR) is 166 cm³/mol. The smallest absolute Gasteiger partial charge is 0 e. The summed E-state index contributed by atoms with van der Waals surface area (Å²) in [5.41, 5.74) is 5.69. The third kappa shape index (κ3) is 4.73. The molecule has 39 heavy (non-hydrogen) atoms. The molecule has 191 valence electrons. The first-order valence-electron chi connectivity index (χ1n) is 13.4. The number of benzene rings is 7. The van der Waals surface area contributed by atoms with E-state index in [9.17, 15) is 0 Å². The van der Waals surface area contributed by atoms with Crippen LogP contribution in [0.1, 0.15) is 22.3 Å². The number of fused-ring (bicyclic) bond motifs is 4. The maximum Gasteiger partial charge on any atom is 0 e. The first kappa shape index (κ1) is 25.3. The number of hydrogen-bond acceptors (Lipinski definition) is 0. The molecular formula is C38H28Au.